The van der Waals surface area contributed by atoms with Crippen molar-refractivity contribution in [1.29, 1.82) is 0 Å². The van der Waals surface area contributed by atoms with Crippen LogP contribution in [0, 0.1) is 5.92 Å². The van der Waals surface area contributed by atoms with E-state index in [2.05, 4.69) is 77.4 Å². The van der Waals surface area contributed by atoms with E-state index in [1.807, 2.05) is 7.11 Å². The summed E-state index contributed by atoms with van der Waals surface area (Å²) in [6.07, 6.45) is 6.68. The second-order valence-electron chi connectivity index (χ2n) is 7.94. The van der Waals surface area contributed by atoms with Crippen LogP contribution in [0.4, 0.5) is 11.4 Å². The van der Waals surface area contributed by atoms with Crippen molar-refractivity contribution in [3.8, 4) is 0 Å². The third-order valence-corrected chi connectivity index (χ3v) is 6.02. The second kappa shape index (κ2) is 11.2. The molecule has 1 heterocycles. The van der Waals surface area contributed by atoms with Gasteiger partial charge in [-0.05, 0) is 62.5 Å². The Morgan fingerprint density at radius 2 is 1.61 bits per heavy atom. The number of para-hydroxylation sites is 2. The first-order valence-corrected chi connectivity index (χ1v) is 10.9. The van der Waals surface area contributed by atoms with Crippen molar-refractivity contribution in [2.24, 2.45) is 5.92 Å². The van der Waals surface area contributed by atoms with Gasteiger partial charge in [-0.1, -0.05) is 56.2 Å². The molecule has 1 aliphatic heterocycles. The minimum absolute atomic E-state index is 0.351. The predicted octanol–water partition coefficient (Wildman–Crippen LogP) is 5.74. The Morgan fingerprint density at radius 1 is 0.964 bits per heavy atom. The molecule has 0 bridgehead atoms. The molecule has 2 atom stereocenters. The summed E-state index contributed by atoms with van der Waals surface area (Å²) in [7, 11) is 1.89. The predicted molar refractivity (Wildman–Crippen MR) is 119 cm³/mol. The zero-order chi connectivity index (χ0) is 19.6. The number of benzene rings is 2. The molecule has 152 valence electrons. The first kappa shape index (κ1) is 20.9. The van der Waals surface area contributed by atoms with Gasteiger partial charge < -0.3 is 14.5 Å². The van der Waals surface area contributed by atoms with Crippen LogP contribution in [0.1, 0.15) is 39.0 Å². The van der Waals surface area contributed by atoms with Crippen molar-refractivity contribution in [1.82, 2.24) is 4.90 Å². The standard InChI is InChI=1S/C25H36N2O/c1-3-4-11-18-26-19-16-22(25(21-26)28-2)17-20-27(23-12-7-5-8-13-23)24-14-9-6-10-15-24/h5-10,12-15,22,25H,3-4,11,16-21H2,1-2H3/t22-,25+/m1/s1. The second-order valence-corrected chi connectivity index (χ2v) is 7.94. The van der Waals surface area contributed by atoms with Gasteiger partial charge >= 0.3 is 0 Å². The van der Waals surface area contributed by atoms with Crippen LogP contribution < -0.4 is 4.90 Å². The van der Waals surface area contributed by atoms with Crippen LogP contribution in [-0.2, 0) is 4.74 Å². The number of anilines is 2. The van der Waals surface area contributed by atoms with Crippen LogP contribution in [0.15, 0.2) is 60.7 Å². The summed E-state index contributed by atoms with van der Waals surface area (Å²) in [5.41, 5.74) is 2.53. The average Bonchev–Trinajstić information content (AvgIpc) is 2.76. The Balaban J connectivity index is 1.61. The average molecular weight is 381 g/mol. The fourth-order valence-corrected chi connectivity index (χ4v) is 4.33. The Kier molecular flexibility index (Phi) is 8.38. The van der Waals surface area contributed by atoms with Crippen molar-refractivity contribution in [2.45, 2.75) is 45.1 Å². The normalized spacial score (nSPS) is 20.2. The van der Waals surface area contributed by atoms with Gasteiger partial charge in [0, 0.05) is 31.6 Å². The van der Waals surface area contributed by atoms with E-state index in [1.165, 1.54) is 50.1 Å². The molecule has 0 unspecified atom stereocenters. The molecule has 0 amide bonds. The lowest BCUT2D eigenvalue weighted by Crippen LogP contribution is -2.45. The molecule has 3 heteroatoms. The lowest BCUT2D eigenvalue weighted by molar-refractivity contribution is -0.0135. The van der Waals surface area contributed by atoms with Crippen molar-refractivity contribution >= 4 is 11.4 Å². The fraction of sp³-hybridized carbons (Fsp3) is 0.520. The zero-order valence-corrected chi connectivity index (χ0v) is 17.6. The molecule has 3 rings (SSSR count). The topological polar surface area (TPSA) is 15.7 Å². The van der Waals surface area contributed by atoms with Crippen LogP contribution in [0.25, 0.3) is 0 Å². The molecule has 1 aliphatic rings. The van der Waals surface area contributed by atoms with E-state index in [0.29, 0.717) is 12.0 Å². The van der Waals surface area contributed by atoms with Gasteiger partial charge in [0.05, 0.1) is 6.10 Å². The van der Waals surface area contributed by atoms with Crippen molar-refractivity contribution < 1.29 is 4.74 Å². The van der Waals surface area contributed by atoms with E-state index >= 15 is 0 Å². The summed E-state index contributed by atoms with van der Waals surface area (Å²) >= 11 is 0. The zero-order valence-electron chi connectivity index (χ0n) is 17.6. The smallest absolute Gasteiger partial charge is 0.0727 e. The highest BCUT2D eigenvalue weighted by Crippen LogP contribution is 2.29. The lowest BCUT2D eigenvalue weighted by Gasteiger charge is -2.39. The number of unbranched alkanes of at least 4 members (excludes halogenated alkanes) is 2. The highest BCUT2D eigenvalue weighted by atomic mass is 16.5. The maximum Gasteiger partial charge on any atom is 0.0727 e. The SMILES string of the molecule is CCCCCN1CC[C@H](CCN(c2ccccc2)c2ccccc2)[C@@H](OC)C1. The molecular weight excluding hydrogens is 344 g/mol. The van der Waals surface area contributed by atoms with E-state index in [4.69, 9.17) is 4.74 Å². The maximum absolute atomic E-state index is 5.92. The van der Waals surface area contributed by atoms with E-state index < -0.39 is 0 Å². The molecule has 0 N–H and O–H groups in total. The molecule has 0 saturated carbocycles. The quantitative estimate of drug-likeness (QED) is 0.489. The summed E-state index contributed by atoms with van der Waals surface area (Å²) in [6.45, 7) is 6.82. The number of ether oxygens (including phenoxy) is 1. The van der Waals surface area contributed by atoms with Crippen molar-refractivity contribution in [3.05, 3.63) is 60.7 Å². The third-order valence-electron chi connectivity index (χ3n) is 6.02. The van der Waals surface area contributed by atoms with Crippen LogP contribution >= 0.6 is 0 Å². The number of hydrogen-bond donors (Lipinski definition) is 0. The van der Waals surface area contributed by atoms with Gasteiger partial charge in [-0.15, -0.1) is 0 Å². The molecule has 3 nitrogen and oxygen atoms in total. The maximum atomic E-state index is 5.92. The van der Waals surface area contributed by atoms with Gasteiger partial charge in [0.25, 0.3) is 0 Å². The molecule has 1 fully saturated rings. The Bertz CT molecular complexity index is 621. The summed E-state index contributed by atoms with van der Waals surface area (Å²) in [6, 6.07) is 21.5. The van der Waals surface area contributed by atoms with Gasteiger partial charge in [-0.3, -0.25) is 0 Å². The first-order chi connectivity index (χ1) is 13.8. The molecular formula is C25H36N2O. The van der Waals surface area contributed by atoms with Crippen molar-refractivity contribution in [2.75, 3.05) is 38.2 Å². The minimum Gasteiger partial charge on any atom is -0.380 e. The van der Waals surface area contributed by atoms with E-state index in [-0.39, 0.29) is 0 Å². The Morgan fingerprint density at radius 3 is 2.18 bits per heavy atom. The monoisotopic (exact) mass is 380 g/mol. The fourth-order valence-electron chi connectivity index (χ4n) is 4.33. The van der Waals surface area contributed by atoms with Crippen LogP contribution in [0.3, 0.4) is 0 Å². The Hall–Kier alpha value is -1.84. The van der Waals surface area contributed by atoms with Gasteiger partial charge in [-0.25, -0.2) is 0 Å². The molecule has 0 aromatic heterocycles. The number of methoxy groups -OCH3 is 1. The first-order valence-electron chi connectivity index (χ1n) is 10.9. The molecule has 0 radical (unpaired) electrons. The number of piperidine rings is 1. The van der Waals surface area contributed by atoms with Gasteiger partial charge in [0.1, 0.15) is 0 Å². The Labute approximate surface area is 171 Å². The van der Waals surface area contributed by atoms with Crippen LogP contribution in [-0.4, -0.2) is 44.3 Å². The molecule has 2 aromatic rings. The highest BCUT2D eigenvalue weighted by Gasteiger charge is 2.29. The van der Waals surface area contributed by atoms with Crippen LogP contribution in [0.5, 0.6) is 0 Å². The largest absolute Gasteiger partial charge is 0.380 e. The molecule has 28 heavy (non-hydrogen) atoms. The minimum atomic E-state index is 0.351. The number of likely N-dealkylation sites (tertiary alicyclic amines) is 1. The summed E-state index contributed by atoms with van der Waals surface area (Å²) in [5.74, 6) is 0.627. The summed E-state index contributed by atoms with van der Waals surface area (Å²) < 4.78 is 5.92. The summed E-state index contributed by atoms with van der Waals surface area (Å²) in [5, 5.41) is 0. The van der Waals surface area contributed by atoms with E-state index in [9.17, 15) is 0 Å². The van der Waals surface area contributed by atoms with Crippen molar-refractivity contribution in [3.63, 3.8) is 0 Å². The molecule has 2 aromatic carbocycles. The van der Waals surface area contributed by atoms with Crippen LogP contribution in [0.2, 0.25) is 0 Å². The van der Waals surface area contributed by atoms with Gasteiger partial charge in [0.15, 0.2) is 0 Å². The van der Waals surface area contributed by atoms with E-state index in [1.54, 1.807) is 0 Å². The molecule has 1 saturated heterocycles. The summed E-state index contributed by atoms with van der Waals surface area (Å²) in [4.78, 5) is 5.05. The lowest BCUT2D eigenvalue weighted by atomic mass is 9.90. The molecule has 0 spiro atoms. The van der Waals surface area contributed by atoms with Gasteiger partial charge in [0.2, 0.25) is 0 Å². The van der Waals surface area contributed by atoms with E-state index in [0.717, 1.165) is 19.5 Å². The highest BCUT2D eigenvalue weighted by molar-refractivity contribution is 5.62. The number of rotatable bonds is 10. The number of nitrogens with zero attached hydrogens (tertiary/aromatic N) is 2. The molecule has 0 aliphatic carbocycles. The number of hydrogen-bond acceptors (Lipinski definition) is 3. The third kappa shape index (κ3) is 5.83. The van der Waals surface area contributed by atoms with Gasteiger partial charge in [-0.2, -0.15) is 0 Å².